The molecule has 0 spiro atoms. The molecule has 1 aliphatic heterocycles. The predicted octanol–water partition coefficient (Wildman–Crippen LogP) is 4.00. The van der Waals surface area contributed by atoms with Crippen LogP contribution in [-0.2, 0) is 0 Å². The molecule has 1 aromatic carbocycles. The number of unbranched alkanes of at least 4 members (excludes halogenated alkanes) is 1. The molecule has 0 unspecified atom stereocenters. The molecule has 130 valence electrons. The van der Waals surface area contributed by atoms with Crippen LogP contribution in [0.2, 0.25) is 0 Å². The highest BCUT2D eigenvalue weighted by Crippen LogP contribution is 2.30. The van der Waals surface area contributed by atoms with E-state index in [1.54, 1.807) is 0 Å². The van der Waals surface area contributed by atoms with Gasteiger partial charge in [0.1, 0.15) is 5.75 Å². The number of piperidine rings is 1. The van der Waals surface area contributed by atoms with Gasteiger partial charge in [-0.25, -0.2) is 0 Å². The lowest BCUT2D eigenvalue weighted by Gasteiger charge is -2.18. The van der Waals surface area contributed by atoms with E-state index in [-0.39, 0.29) is 0 Å². The molecule has 0 amide bonds. The third-order valence-corrected chi connectivity index (χ3v) is 4.55. The first kappa shape index (κ1) is 17.0. The van der Waals surface area contributed by atoms with Gasteiger partial charge in [-0.05, 0) is 62.9 Å². The van der Waals surface area contributed by atoms with Crippen molar-refractivity contribution in [3.63, 3.8) is 0 Å². The Bertz CT molecular complexity index is 652. The van der Waals surface area contributed by atoms with Gasteiger partial charge < -0.3 is 14.6 Å². The summed E-state index contributed by atoms with van der Waals surface area (Å²) < 4.78 is 11.4. The number of nitrogens with one attached hydrogen (secondary N) is 1. The lowest BCUT2D eigenvalue weighted by Crippen LogP contribution is -2.28. The molecule has 24 heavy (non-hydrogen) atoms. The molecule has 1 aromatic heterocycles. The van der Waals surface area contributed by atoms with Gasteiger partial charge in [-0.3, -0.25) is 0 Å². The minimum Gasteiger partial charge on any atom is -0.493 e. The van der Waals surface area contributed by atoms with Crippen molar-refractivity contribution < 1.29 is 9.26 Å². The lowest BCUT2D eigenvalue weighted by atomic mass is 10.00. The molecule has 0 saturated carbocycles. The number of hydrogen-bond acceptors (Lipinski definition) is 5. The number of nitrogens with zero attached hydrogens (tertiary/aromatic N) is 2. The molecule has 2 heterocycles. The second kappa shape index (κ2) is 7.79. The lowest BCUT2D eigenvalue weighted by molar-refractivity contribution is 0.305. The molecule has 1 aliphatic rings. The Morgan fingerprint density at radius 2 is 2.08 bits per heavy atom. The van der Waals surface area contributed by atoms with Gasteiger partial charge in [0.25, 0.3) is 0 Å². The molecule has 0 bridgehead atoms. The van der Waals surface area contributed by atoms with Crippen molar-refractivity contribution in [3.05, 3.63) is 29.2 Å². The van der Waals surface area contributed by atoms with Crippen molar-refractivity contribution in [1.82, 2.24) is 15.5 Å². The van der Waals surface area contributed by atoms with Gasteiger partial charge in [0, 0.05) is 12.1 Å². The van der Waals surface area contributed by atoms with Crippen molar-refractivity contribution >= 4 is 0 Å². The van der Waals surface area contributed by atoms with Crippen LogP contribution in [0.15, 0.2) is 16.7 Å². The Labute approximate surface area is 143 Å². The molecule has 5 heteroatoms. The van der Waals surface area contributed by atoms with E-state index in [1.165, 1.54) is 0 Å². The van der Waals surface area contributed by atoms with Gasteiger partial charge in [0.15, 0.2) is 0 Å². The maximum atomic E-state index is 5.93. The van der Waals surface area contributed by atoms with E-state index in [4.69, 9.17) is 9.26 Å². The highest BCUT2D eigenvalue weighted by molar-refractivity contribution is 5.61. The van der Waals surface area contributed by atoms with Gasteiger partial charge >= 0.3 is 0 Å². The van der Waals surface area contributed by atoms with Crippen LogP contribution in [0.3, 0.4) is 0 Å². The fourth-order valence-electron chi connectivity index (χ4n) is 3.21. The van der Waals surface area contributed by atoms with Crippen LogP contribution in [0.5, 0.6) is 5.75 Å². The zero-order valence-electron chi connectivity index (χ0n) is 14.9. The number of aryl methyl sites for hydroxylation is 2. The molecule has 2 aromatic rings. The van der Waals surface area contributed by atoms with Gasteiger partial charge in [-0.2, -0.15) is 4.98 Å². The Kier molecular flexibility index (Phi) is 5.51. The fourth-order valence-corrected chi connectivity index (χ4v) is 3.21. The predicted molar refractivity (Wildman–Crippen MR) is 94.5 cm³/mol. The second-order valence-electron chi connectivity index (χ2n) is 6.64. The van der Waals surface area contributed by atoms with Crippen LogP contribution in [0.1, 0.15) is 55.5 Å². The van der Waals surface area contributed by atoms with Crippen LogP contribution in [0.25, 0.3) is 11.4 Å². The van der Waals surface area contributed by atoms with Crippen LogP contribution >= 0.6 is 0 Å². The quantitative estimate of drug-likeness (QED) is 0.812. The smallest absolute Gasteiger partial charge is 0.231 e. The average molecular weight is 329 g/mol. The monoisotopic (exact) mass is 329 g/mol. The Morgan fingerprint density at radius 3 is 2.75 bits per heavy atom. The van der Waals surface area contributed by atoms with Crippen molar-refractivity contribution in [2.45, 2.75) is 52.4 Å². The minimum absolute atomic E-state index is 0.332. The summed E-state index contributed by atoms with van der Waals surface area (Å²) in [5.74, 6) is 2.73. The first-order chi connectivity index (χ1) is 11.7. The van der Waals surface area contributed by atoms with Crippen molar-refractivity contribution in [2.75, 3.05) is 19.7 Å². The molecule has 1 saturated heterocycles. The summed E-state index contributed by atoms with van der Waals surface area (Å²) >= 11 is 0. The molecule has 1 N–H and O–H groups in total. The summed E-state index contributed by atoms with van der Waals surface area (Å²) in [6.45, 7) is 9.08. The molecule has 0 aliphatic carbocycles. The van der Waals surface area contributed by atoms with E-state index < -0.39 is 0 Å². The normalized spacial score (nSPS) is 17.9. The molecule has 0 radical (unpaired) electrons. The van der Waals surface area contributed by atoms with E-state index >= 15 is 0 Å². The molecule has 5 nitrogen and oxygen atoms in total. The fraction of sp³-hybridized carbons (Fsp3) is 0.579. The van der Waals surface area contributed by atoms with Crippen LogP contribution < -0.4 is 10.1 Å². The van der Waals surface area contributed by atoms with Gasteiger partial charge in [0.05, 0.1) is 12.5 Å². The molecule has 3 rings (SSSR count). The molecule has 1 fully saturated rings. The summed E-state index contributed by atoms with van der Waals surface area (Å²) in [5, 5.41) is 7.58. The zero-order valence-corrected chi connectivity index (χ0v) is 14.9. The van der Waals surface area contributed by atoms with Crippen molar-refractivity contribution in [1.29, 1.82) is 0 Å². The topological polar surface area (TPSA) is 60.2 Å². The Hall–Kier alpha value is -1.88. The number of ether oxygens (including phenoxy) is 1. The highest BCUT2D eigenvalue weighted by Gasteiger charge is 2.22. The van der Waals surface area contributed by atoms with Gasteiger partial charge in [-0.1, -0.05) is 18.5 Å². The van der Waals surface area contributed by atoms with E-state index in [0.29, 0.717) is 11.7 Å². The second-order valence-corrected chi connectivity index (χ2v) is 6.64. The first-order valence-corrected chi connectivity index (χ1v) is 8.97. The summed E-state index contributed by atoms with van der Waals surface area (Å²) in [5.41, 5.74) is 3.23. The summed E-state index contributed by atoms with van der Waals surface area (Å²) in [6, 6.07) is 4.17. The van der Waals surface area contributed by atoms with Crippen LogP contribution in [0.4, 0.5) is 0 Å². The van der Waals surface area contributed by atoms with E-state index in [9.17, 15) is 0 Å². The minimum atomic E-state index is 0.332. The number of rotatable bonds is 6. The average Bonchev–Trinajstić information content (AvgIpc) is 3.08. The van der Waals surface area contributed by atoms with Crippen LogP contribution in [0, 0.1) is 13.8 Å². The largest absolute Gasteiger partial charge is 0.493 e. The van der Waals surface area contributed by atoms with Crippen LogP contribution in [-0.4, -0.2) is 29.8 Å². The Balaban J connectivity index is 1.78. The van der Waals surface area contributed by atoms with E-state index in [2.05, 4.69) is 48.4 Å². The Morgan fingerprint density at radius 1 is 1.29 bits per heavy atom. The van der Waals surface area contributed by atoms with Gasteiger partial charge in [0.2, 0.25) is 11.7 Å². The number of hydrogen-bond donors (Lipinski definition) is 1. The van der Waals surface area contributed by atoms with Crippen molar-refractivity contribution in [2.24, 2.45) is 0 Å². The third-order valence-electron chi connectivity index (χ3n) is 4.55. The van der Waals surface area contributed by atoms with Crippen molar-refractivity contribution in [3.8, 4) is 17.1 Å². The summed E-state index contributed by atoms with van der Waals surface area (Å²) in [6.07, 6.45) is 4.48. The van der Waals surface area contributed by atoms with Gasteiger partial charge in [-0.15, -0.1) is 0 Å². The highest BCUT2D eigenvalue weighted by atomic mass is 16.5. The first-order valence-electron chi connectivity index (χ1n) is 8.97. The standard InChI is InChI=1S/C19H27N3O2/c1-4-5-9-23-17-13(2)10-16(11-14(17)3)18-21-19(24-22-18)15-7-6-8-20-12-15/h10-11,15,20H,4-9,12H2,1-3H3/t15-/m0/s1. The van der Waals surface area contributed by atoms with E-state index in [0.717, 1.165) is 73.7 Å². The molecular formula is C19H27N3O2. The summed E-state index contributed by atoms with van der Waals surface area (Å²) in [4.78, 5) is 4.63. The van der Waals surface area contributed by atoms with E-state index in [1.807, 2.05) is 0 Å². The maximum Gasteiger partial charge on any atom is 0.231 e. The molecular weight excluding hydrogens is 302 g/mol. The number of benzene rings is 1. The molecule has 1 atom stereocenters. The number of aromatic nitrogens is 2. The SMILES string of the molecule is CCCCOc1c(C)cc(-c2noc([C@H]3CCCNC3)n2)cc1C. The third kappa shape index (κ3) is 3.78. The summed E-state index contributed by atoms with van der Waals surface area (Å²) in [7, 11) is 0. The maximum absolute atomic E-state index is 5.93. The zero-order chi connectivity index (χ0) is 16.9.